The van der Waals surface area contributed by atoms with Crippen molar-refractivity contribution in [2.75, 3.05) is 12.4 Å². The number of aromatic amines is 1. The molecule has 0 atom stereocenters. The maximum Gasteiger partial charge on any atom is 0.413 e. The minimum absolute atomic E-state index is 0.218. The normalized spacial score (nSPS) is 11.2. The first-order valence-corrected chi connectivity index (χ1v) is 6.46. The van der Waals surface area contributed by atoms with E-state index in [4.69, 9.17) is 0 Å². The molecule has 1 aromatic carbocycles. The molecule has 7 nitrogen and oxygen atoms in total. The van der Waals surface area contributed by atoms with Gasteiger partial charge in [-0.15, -0.1) is 0 Å². The van der Waals surface area contributed by atoms with Crippen molar-refractivity contribution in [2.24, 2.45) is 0 Å². The number of carbonyl (C=O) groups excluding carboxylic acids is 2. The van der Waals surface area contributed by atoms with Crippen LogP contribution in [0.2, 0.25) is 0 Å². The summed E-state index contributed by atoms with van der Waals surface area (Å²) >= 11 is 0. The highest BCUT2D eigenvalue weighted by Gasteiger charge is 2.19. The van der Waals surface area contributed by atoms with E-state index in [0.717, 1.165) is 0 Å². The maximum atomic E-state index is 12.3. The number of rotatable bonds is 2. The molecule has 2 aromatic rings. The molecule has 0 aliphatic carbocycles. The standard InChI is InChI=1S/C14H18N4O3/c1-14(2,3)18-11(19)8-6-5-7-9-10(8)16-12(15-9)17-13(20)21-4/h5-7H,1-4H3,(H,18,19)(H2,15,16,17,20). The minimum Gasteiger partial charge on any atom is -0.453 e. The fourth-order valence-electron chi connectivity index (χ4n) is 1.83. The van der Waals surface area contributed by atoms with Gasteiger partial charge in [0.05, 0.1) is 18.2 Å². The zero-order valence-electron chi connectivity index (χ0n) is 12.4. The predicted octanol–water partition coefficient (Wildman–Crippen LogP) is 2.27. The lowest BCUT2D eigenvalue weighted by Gasteiger charge is -2.20. The second-order valence-corrected chi connectivity index (χ2v) is 5.61. The van der Waals surface area contributed by atoms with Gasteiger partial charge in [0, 0.05) is 5.54 Å². The Morgan fingerprint density at radius 2 is 2.00 bits per heavy atom. The van der Waals surface area contributed by atoms with Crippen molar-refractivity contribution in [1.82, 2.24) is 15.3 Å². The molecule has 0 fully saturated rings. The first kappa shape index (κ1) is 14.8. The average molecular weight is 290 g/mol. The molecule has 1 aromatic heterocycles. The van der Waals surface area contributed by atoms with Crippen LogP contribution in [0, 0.1) is 0 Å². The number of fused-ring (bicyclic) bond motifs is 1. The monoisotopic (exact) mass is 290 g/mol. The first-order valence-electron chi connectivity index (χ1n) is 6.46. The highest BCUT2D eigenvalue weighted by molar-refractivity contribution is 6.05. The van der Waals surface area contributed by atoms with E-state index in [0.29, 0.717) is 16.6 Å². The number of anilines is 1. The van der Waals surface area contributed by atoms with E-state index in [1.54, 1.807) is 18.2 Å². The van der Waals surface area contributed by atoms with Crippen LogP contribution in [0.1, 0.15) is 31.1 Å². The Balaban J connectivity index is 2.37. The van der Waals surface area contributed by atoms with Crippen LogP contribution >= 0.6 is 0 Å². The van der Waals surface area contributed by atoms with Gasteiger partial charge in [-0.25, -0.2) is 9.78 Å². The Hall–Kier alpha value is -2.57. The van der Waals surface area contributed by atoms with Gasteiger partial charge in [-0.3, -0.25) is 10.1 Å². The number of aromatic nitrogens is 2. The summed E-state index contributed by atoms with van der Waals surface area (Å²) in [5.74, 6) is 0.0112. The van der Waals surface area contributed by atoms with Gasteiger partial charge < -0.3 is 15.0 Å². The molecule has 1 heterocycles. The highest BCUT2D eigenvalue weighted by atomic mass is 16.5. The molecule has 0 spiro atoms. The number of nitrogens with one attached hydrogen (secondary N) is 3. The molecule has 0 aliphatic heterocycles. The molecule has 3 N–H and O–H groups in total. The van der Waals surface area contributed by atoms with Crippen LogP contribution in [0.15, 0.2) is 18.2 Å². The first-order chi connectivity index (χ1) is 9.80. The number of nitrogens with zero attached hydrogens (tertiary/aromatic N) is 1. The smallest absolute Gasteiger partial charge is 0.413 e. The lowest BCUT2D eigenvalue weighted by Crippen LogP contribution is -2.40. The molecule has 112 valence electrons. The number of carbonyl (C=O) groups is 2. The van der Waals surface area contributed by atoms with E-state index in [-0.39, 0.29) is 17.4 Å². The van der Waals surface area contributed by atoms with Crippen LogP contribution in [-0.4, -0.2) is 34.6 Å². The van der Waals surface area contributed by atoms with Crippen molar-refractivity contribution in [1.29, 1.82) is 0 Å². The Morgan fingerprint density at radius 3 is 2.62 bits per heavy atom. The lowest BCUT2D eigenvalue weighted by atomic mass is 10.1. The van der Waals surface area contributed by atoms with Crippen molar-refractivity contribution in [3.63, 3.8) is 0 Å². The zero-order valence-corrected chi connectivity index (χ0v) is 12.4. The highest BCUT2D eigenvalue weighted by Crippen LogP contribution is 2.19. The van der Waals surface area contributed by atoms with Crippen molar-refractivity contribution in [2.45, 2.75) is 26.3 Å². The third-order valence-corrected chi connectivity index (χ3v) is 2.65. The number of methoxy groups -OCH3 is 1. The Morgan fingerprint density at radius 1 is 1.29 bits per heavy atom. The van der Waals surface area contributed by atoms with Gasteiger partial charge in [0.2, 0.25) is 5.95 Å². The van der Waals surface area contributed by atoms with Crippen molar-refractivity contribution < 1.29 is 14.3 Å². The summed E-state index contributed by atoms with van der Waals surface area (Å²) in [6, 6.07) is 5.21. The number of ether oxygens (including phenoxy) is 1. The van der Waals surface area contributed by atoms with E-state index < -0.39 is 6.09 Å². The molecular formula is C14H18N4O3. The number of H-pyrrole nitrogens is 1. The van der Waals surface area contributed by atoms with Crippen molar-refractivity contribution >= 4 is 29.0 Å². The summed E-state index contributed by atoms with van der Waals surface area (Å²) < 4.78 is 4.50. The van der Waals surface area contributed by atoms with E-state index in [1.807, 2.05) is 20.8 Å². The fraction of sp³-hybridized carbons (Fsp3) is 0.357. The summed E-state index contributed by atoms with van der Waals surface area (Å²) in [6.45, 7) is 5.71. The molecular weight excluding hydrogens is 272 g/mol. The largest absolute Gasteiger partial charge is 0.453 e. The van der Waals surface area contributed by atoms with Crippen LogP contribution in [0.4, 0.5) is 10.7 Å². The zero-order chi connectivity index (χ0) is 15.6. The van der Waals surface area contributed by atoms with Gasteiger partial charge in [0.15, 0.2) is 0 Å². The summed E-state index contributed by atoms with van der Waals surface area (Å²) in [7, 11) is 1.26. The molecule has 0 bridgehead atoms. The van der Waals surface area contributed by atoms with E-state index in [9.17, 15) is 9.59 Å². The van der Waals surface area contributed by atoms with Gasteiger partial charge in [-0.2, -0.15) is 0 Å². The predicted molar refractivity (Wildman–Crippen MR) is 79.3 cm³/mol. The quantitative estimate of drug-likeness (QED) is 0.790. The topological polar surface area (TPSA) is 96.1 Å². The second-order valence-electron chi connectivity index (χ2n) is 5.61. The van der Waals surface area contributed by atoms with Crippen molar-refractivity contribution in [3.05, 3.63) is 23.8 Å². The molecule has 0 unspecified atom stereocenters. The molecule has 21 heavy (non-hydrogen) atoms. The second kappa shape index (κ2) is 5.43. The van der Waals surface area contributed by atoms with Crippen LogP contribution in [0.5, 0.6) is 0 Å². The van der Waals surface area contributed by atoms with Crippen LogP contribution < -0.4 is 10.6 Å². The third-order valence-electron chi connectivity index (χ3n) is 2.65. The Labute approximate surface area is 122 Å². The molecule has 0 aliphatic rings. The Kier molecular flexibility index (Phi) is 3.84. The van der Waals surface area contributed by atoms with Gasteiger partial charge in [0.25, 0.3) is 5.91 Å². The van der Waals surface area contributed by atoms with Gasteiger partial charge in [0.1, 0.15) is 5.52 Å². The van der Waals surface area contributed by atoms with Crippen molar-refractivity contribution in [3.8, 4) is 0 Å². The summed E-state index contributed by atoms with van der Waals surface area (Å²) in [5.41, 5.74) is 1.24. The van der Waals surface area contributed by atoms with E-state index in [2.05, 4.69) is 25.3 Å². The van der Waals surface area contributed by atoms with Crippen LogP contribution in [0.25, 0.3) is 11.0 Å². The number of hydrogen-bond donors (Lipinski definition) is 3. The Bertz CT molecular complexity index is 685. The molecule has 0 saturated heterocycles. The van der Waals surface area contributed by atoms with Crippen LogP contribution in [0.3, 0.4) is 0 Å². The minimum atomic E-state index is -0.630. The number of amides is 2. The number of benzene rings is 1. The van der Waals surface area contributed by atoms with Gasteiger partial charge in [-0.05, 0) is 32.9 Å². The molecule has 0 radical (unpaired) electrons. The average Bonchev–Trinajstić information content (AvgIpc) is 2.78. The summed E-state index contributed by atoms with van der Waals surface area (Å²) in [4.78, 5) is 30.6. The molecule has 2 amide bonds. The summed E-state index contributed by atoms with van der Waals surface area (Å²) in [5, 5.41) is 5.32. The third kappa shape index (κ3) is 3.50. The van der Waals surface area contributed by atoms with E-state index in [1.165, 1.54) is 7.11 Å². The summed E-state index contributed by atoms with van der Waals surface area (Å²) in [6.07, 6.45) is -0.630. The number of imidazole rings is 1. The molecule has 0 saturated carbocycles. The van der Waals surface area contributed by atoms with Gasteiger partial charge in [-0.1, -0.05) is 6.07 Å². The SMILES string of the molecule is COC(=O)Nc1nc2c(C(=O)NC(C)(C)C)cccc2[nH]1. The fourth-order valence-corrected chi connectivity index (χ4v) is 1.83. The number of para-hydroxylation sites is 1. The number of hydrogen-bond acceptors (Lipinski definition) is 4. The van der Waals surface area contributed by atoms with E-state index >= 15 is 0 Å². The van der Waals surface area contributed by atoms with Crippen LogP contribution in [-0.2, 0) is 4.74 Å². The molecule has 2 rings (SSSR count). The maximum absolute atomic E-state index is 12.3. The lowest BCUT2D eigenvalue weighted by molar-refractivity contribution is 0.0921. The van der Waals surface area contributed by atoms with Gasteiger partial charge >= 0.3 is 6.09 Å². The molecule has 7 heteroatoms.